The Bertz CT molecular complexity index is 1530. The maximum Gasteiger partial charge on any atom is 0.314 e. The molecule has 0 spiro atoms. The maximum atomic E-state index is 15.1. The van der Waals surface area contributed by atoms with Crippen molar-refractivity contribution in [3.05, 3.63) is 83.2 Å². The van der Waals surface area contributed by atoms with Crippen molar-refractivity contribution in [3.63, 3.8) is 0 Å². The van der Waals surface area contributed by atoms with Gasteiger partial charge in [0.2, 0.25) is 0 Å². The molecule has 2 aromatic carbocycles. The largest absolute Gasteiger partial charge is 0.371 e. The highest BCUT2D eigenvalue weighted by Gasteiger charge is 2.52. The molecule has 0 radical (unpaired) electrons. The Hall–Kier alpha value is -3.90. The van der Waals surface area contributed by atoms with Gasteiger partial charge in [-0.25, -0.2) is 14.2 Å². The normalized spacial score (nSPS) is 22.2. The van der Waals surface area contributed by atoms with Crippen LogP contribution in [0.15, 0.2) is 54.7 Å². The van der Waals surface area contributed by atoms with Crippen LogP contribution in [0.2, 0.25) is 0 Å². The topological polar surface area (TPSA) is 89.2 Å². The summed E-state index contributed by atoms with van der Waals surface area (Å²) in [5.41, 5.74) is 3.57. The molecular weight excluding hydrogens is 577 g/mol. The van der Waals surface area contributed by atoms with Crippen LogP contribution in [0.5, 0.6) is 0 Å². The minimum Gasteiger partial charge on any atom is -0.371 e. The predicted molar refractivity (Wildman–Crippen MR) is 179 cm³/mol. The zero-order valence-corrected chi connectivity index (χ0v) is 27.5. The lowest BCUT2D eigenvalue weighted by Crippen LogP contribution is -2.57. The number of benzene rings is 2. The first-order valence-corrected chi connectivity index (χ1v) is 17.1. The van der Waals surface area contributed by atoms with Gasteiger partial charge in [0, 0.05) is 68.9 Å². The smallest absolute Gasteiger partial charge is 0.314 e. The lowest BCUT2D eigenvalue weighted by molar-refractivity contribution is 0.0560. The molecule has 1 saturated carbocycles. The van der Waals surface area contributed by atoms with E-state index in [-0.39, 0.29) is 29.2 Å². The number of aromatic nitrogens is 2. The number of aryl methyl sites for hydroxylation is 2. The SMILES string of the molecule is CCc1nc(C)cn1CC(c1cccc(F)c1)(C1CCN(CC2CN(c3ccc(C#N)cc3)C2)CC1)[C@H]1CCC[C@@H]1NC(=O)NC. The number of nitriles is 1. The minimum atomic E-state index is -0.365. The highest BCUT2D eigenvalue weighted by molar-refractivity contribution is 5.73. The predicted octanol–water partition coefficient (Wildman–Crippen LogP) is 5.65. The van der Waals surface area contributed by atoms with Crippen LogP contribution in [0.4, 0.5) is 14.9 Å². The number of hydrogen-bond acceptors (Lipinski definition) is 5. The van der Waals surface area contributed by atoms with Gasteiger partial charge in [-0.2, -0.15) is 5.26 Å². The number of likely N-dealkylation sites (tertiary alicyclic amines) is 1. The number of anilines is 1. The molecule has 0 bridgehead atoms. The van der Waals surface area contributed by atoms with Gasteiger partial charge < -0.3 is 25.0 Å². The number of nitrogens with zero attached hydrogens (tertiary/aromatic N) is 5. The standard InChI is InChI=1S/C37H48FN7O/c1-4-35-41-26(2)21-45(35)25-37(30-7-5-8-31(38)19-30,33-9-6-10-34(33)42-36(46)40-3)29-15-17-43(18-16-29)22-28-23-44(24-28)32-13-11-27(20-39)12-14-32/h5,7-8,11-14,19,21,28-29,33-34H,4,6,9-10,15-18,22-25H2,1-3H3,(H2,40,42,46)/t33-,34-,37?/m0/s1. The summed E-state index contributed by atoms with van der Waals surface area (Å²) in [7, 11) is 1.67. The Balaban J connectivity index is 1.25. The van der Waals surface area contributed by atoms with Crippen molar-refractivity contribution in [2.45, 2.75) is 70.4 Å². The lowest BCUT2D eigenvalue weighted by atomic mass is 9.58. The summed E-state index contributed by atoms with van der Waals surface area (Å²) in [5, 5.41) is 15.2. The van der Waals surface area contributed by atoms with Crippen LogP contribution in [-0.2, 0) is 18.4 Å². The number of nitrogens with one attached hydrogen (secondary N) is 2. The van der Waals surface area contributed by atoms with Gasteiger partial charge in [-0.05, 0) is 99.5 Å². The lowest BCUT2D eigenvalue weighted by Gasteiger charge is -2.51. The van der Waals surface area contributed by atoms with Crippen LogP contribution < -0.4 is 15.5 Å². The third-order valence-corrected chi connectivity index (χ3v) is 11.0. The van der Waals surface area contributed by atoms with E-state index < -0.39 is 0 Å². The van der Waals surface area contributed by atoms with Crippen LogP contribution in [0, 0.1) is 41.8 Å². The fourth-order valence-corrected chi connectivity index (χ4v) is 8.79. The number of amides is 2. The molecule has 1 aliphatic carbocycles. The molecule has 1 unspecified atom stereocenters. The monoisotopic (exact) mass is 625 g/mol. The van der Waals surface area contributed by atoms with E-state index in [1.54, 1.807) is 19.2 Å². The van der Waals surface area contributed by atoms with Gasteiger partial charge in [0.05, 0.1) is 17.3 Å². The number of carbonyl (C=O) groups is 1. The Morgan fingerprint density at radius 1 is 1.11 bits per heavy atom. The molecule has 2 amide bonds. The molecule has 244 valence electrons. The summed E-state index contributed by atoms with van der Waals surface area (Å²) in [5.74, 6) is 1.97. The van der Waals surface area contributed by atoms with Crippen LogP contribution in [0.1, 0.15) is 61.7 Å². The molecule has 2 N–H and O–H groups in total. The number of hydrogen-bond donors (Lipinski definition) is 2. The molecule has 9 heteroatoms. The second-order valence-electron chi connectivity index (χ2n) is 13.7. The Kier molecular flexibility index (Phi) is 9.65. The molecule has 2 aliphatic heterocycles. The highest BCUT2D eigenvalue weighted by atomic mass is 19.1. The number of halogens is 1. The fourth-order valence-electron chi connectivity index (χ4n) is 8.79. The van der Waals surface area contributed by atoms with Gasteiger partial charge in [-0.3, -0.25) is 0 Å². The molecule has 8 nitrogen and oxygen atoms in total. The van der Waals surface area contributed by atoms with Gasteiger partial charge in [-0.15, -0.1) is 0 Å². The first kappa shape index (κ1) is 32.1. The van der Waals surface area contributed by atoms with Crippen LogP contribution in [0.25, 0.3) is 0 Å². The number of imidazole rings is 1. The molecule has 2 saturated heterocycles. The zero-order chi connectivity index (χ0) is 32.3. The minimum absolute atomic E-state index is 0.0131. The Morgan fingerprint density at radius 2 is 1.87 bits per heavy atom. The van der Waals surface area contributed by atoms with Crippen molar-refractivity contribution in [1.29, 1.82) is 5.26 Å². The third kappa shape index (κ3) is 6.50. The van der Waals surface area contributed by atoms with Crippen molar-refractivity contribution in [1.82, 2.24) is 25.1 Å². The van der Waals surface area contributed by atoms with E-state index in [1.165, 1.54) is 5.69 Å². The van der Waals surface area contributed by atoms with Crippen molar-refractivity contribution in [3.8, 4) is 6.07 Å². The average Bonchev–Trinajstić information content (AvgIpc) is 3.67. The van der Waals surface area contributed by atoms with Crippen LogP contribution in [0.3, 0.4) is 0 Å². The molecule has 3 fully saturated rings. The summed E-state index contributed by atoms with van der Waals surface area (Å²) >= 11 is 0. The van der Waals surface area contributed by atoms with Gasteiger partial charge >= 0.3 is 6.03 Å². The molecule has 46 heavy (non-hydrogen) atoms. The first-order valence-electron chi connectivity index (χ1n) is 17.1. The molecular formula is C37H48FN7O. The van der Waals surface area contributed by atoms with E-state index in [4.69, 9.17) is 10.2 Å². The maximum absolute atomic E-state index is 15.1. The van der Waals surface area contributed by atoms with E-state index in [1.807, 2.05) is 37.3 Å². The van der Waals surface area contributed by atoms with Crippen molar-refractivity contribution in [2.24, 2.45) is 17.8 Å². The van der Waals surface area contributed by atoms with E-state index >= 15 is 4.39 Å². The first-order chi connectivity index (χ1) is 22.3. The van der Waals surface area contributed by atoms with Crippen LogP contribution in [-0.4, -0.2) is 66.3 Å². The fraction of sp³-hybridized carbons (Fsp3) is 0.541. The Morgan fingerprint density at radius 3 is 2.54 bits per heavy atom. The van der Waals surface area contributed by atoms with Crippen molar-refractivity contribution < 1.29 is 9.18 Å². The highest BCUT2D eigenvalue weighted by Crippen LogP contribution is 2.52. The summed E-state index contributed by atoms with van der Waals surface area (Å²) in [6.45, 7) is 10.1. The number of rotatable bonds is 10. The second kappa shape index (κ2) is 13.8. The Labute approximate surface area is 273 Å². The summed E-state index contributed by atoms with van der Waals surface area (Å²) in [4.78, 5) is 22.5. The summed E-state index contributed by atoms with van der Waals surface area (Å²) in [6.07, 6.45) is 8.01. The molecule has 3 aromatic rings. The summed E-state index contributed by atoms with van der Waals surface area (Å²) in [6, 6.07) is 17.3. The van der Waals surface area contributed by atoms with Gasteiger partial charge in [0.25, 0.3) is 0 Å². The molecule has 6 rings (SSSR count). The third-order valence-electron chi connectivity index (χ3n) is 11.0. The second-order valence-corrected chi connectivity index (χ2v) is 13.7. The zero-order valence-electron chi connectivity index (χ0n) is 27.5. The molecule has 1 aromatic heterocycles. The number of piperidine rings is 1. The van der Waals surface area contributed by atoms with Gasteiger partial charge in [0.1, 0.15) is 11.6 Å². The molecule has 3 atom stereocenters. The van der Waals surface area contributed by atoms with E-state index in [2.05, 4.69) is 50.3 Å². The van der Waals surface area contributed by atoms with E-state index in [0.717, 1.165) is 94.9 Å². The van der Waals surface area contributed by atoms with Crippen LogP contribution >= 0.6 is 0 Å². The van der Waals surface area contributed by atoms with E-state index in [9.17, 15) is 4.79 Å². The van der Waals surface area contributed by atoms with Gasteiger partial charge in [-0.1, -0.05) is 25.5 Å². The van der Waals surface area contributed by atoms with Crippen molar-refractivity contribution >= 4 is 11.7 Å². The van der Waals surface area contributed by atoms with E-state index in [0.29, 0.717) is 17.4 Å². The number of carbonyl (C=O) groups excluding carboxylic acids is 1. The summed E-state index contributed by atoms with van der Waals surface area (Å²) < 4.78 is 17.4. The molecule has 3 heterocycles. The van der Waals surface area contributed by atoms with Gasteiger partial charge in [0.15, 0.2) is 0 Å². The molecule has 3 aliphatic rings. The quantitative estimate of drug-likeness (QED) is 0.304. The average molecular weight is 626 g/mol. The van der Waals surface area contributed by atoms with Crippen molar-refractivity contribution in [2.75, 3.05) is 44.7 Å². The number of urea groups is 1.